The Balaban J connectivity index is 2.26. The Hall–Kier alpha value is -1.25. The maximum absolute atomic E-state index is 13.6. The van der Waals surface area contributed by atoms with Crippen LogP contribution in [-0.2, 0) is 5.92 Å². The molecule has 1 aliphatic rings. The van der Waals surface area contributed by atoms with Gasteiger partial charge in [-0.25, -0.2) is 8.78 Å². The van der Waals surface area contributed by atoms with E-state index in [1.807, 2.05) is 0 Å². The van der Waals surface area contributed by atoms with Crippen molar-refractivity contribution in [3.05, 3.63) is 35.4 Å². The van der Waals surface area contributed by atoms with E-state index in [0.29, 0.717) is 18.4 Å². The van der Waals surface area contributed by atoms with E-state index in [0.717, 1.165) is 0 Å². The third-order valence-corrected chi connectivity index (χ3v) is 2.77. The van der Waals surface area contributed by atoms with Gasteiger partial charge in [0.2, 0.25) is 0 Å². The summed E-state index contributed by atoms with van der Waals surface area (Å²) in [5.41, 5.74) is 0.500. The summed E-state index contributed by atoms with van der Waals surface area (Å²) in [6, 6.07) is 5.64. The normalized spacial score (nSPS) is 16.5. The van der Waals surface area contributed by atoms with E-state index in [9.17, 15) is 13.6 Å². The average Bonchev–Trinajstić information content (AvgIpc) is 3.01. The van der Waals surface area contributed by atoms with Crippen LogP contribution in [0.2, 0.25) is 0 Å². The summed E-state index contributed by atoms with van der Waals surface area (Å²) >= 11 is 0. The standard InChI is InChI=1S/C12H12F2O/c1-8(15)9-2-4-10(5-3-9)12(13,14)11-6-7-11/h2-5,11H,6-7H2,1H3. The highest BCUT2D eigenvalue weighted by Crippen LogP contribution is 2.49. The first-order chi connectivity index (χ1) is 7.01. The summed E-state index contributed by atoms with van der Waals surface area (Å²) in [6.45, 7) is 1.42. The molecule has 0 heterocycles. The van der Waals surface area contributed by atoms with Crippen molar-refractivity contribution in [2.75, 3.05) is 0 Å². The van der Waals surface area contributed by atoms with Crippen LogP contribution >= 0.6 is 0 Å². The van der Waals surface area contributed by atoms with Gasteiger partial charge in [0.15, 0.2) is 5.78 Å². The van der Waals surface area contributed by atoms with Gasteiger partial charge in [-0.15, -0.1) is 0 Å². The molecule has 0 saturated heterocycles. The summed E-state index contributed by atoms with van der Waals surface area (Å²) in [5, 5.41) is 0. The van der Waals surface area contributed by atoms with Crippen LogP contribution in [0.4, 0.5) is 8.78 Å². The first kappa shape index (κ1) is 10.3. The molecule has 2 rings (SSSR count). The molecule has 80 valence electrons. The molecule has 15 heavy (non-hydrogen) atoms. The monoisotopic (exact) mass is 210 g/mol. The van der Waals surface area contributed by atoms with Crippen molar-refractivity contribution in [1.29, 1.82) is 0 Å². The predicted octanol–water partition coefficient (Wildman–Crippen LogP) is 3.39. The molecular weight excluding hydrogens is 198 g/mol. The zero-order valence-corrected chi connectivity index (χ0v) is 8.47. The molecule has 1 nitrogen and oxygen atoms in total. The number of benzene rings is 1. The zero-order chi connectivity index (χ0) is 11.1. The Kier molecular flexibility index (Phi) is 2.33. The molecule has 0 atom stereocenters. The molecule has 1 aromatic rings. The van der Waals surface area contributed by atoms with E-state index < -0.39 is 11.8 Å². The highest BCUT2D eigenvalue weighted by Gasteiger charge is 2.47. The first-order valence-corrected chi connectivity index (χ1v) is 5.01. The summed E-state index contributed by atoms with van der Waals surface area (Å²) < 4.78 is 27.2. The molecule has 0 aromatic heterocycles. The zero-order valence-electron chi connectivity index (χ0n) is 8.47. The molecule has 0 spiro atoms. The van der Waals surface area contributed by atoms with E-state index in [1.165, 1.54) is 31.2 Å². The lowest BCUT2D eigenvalue weighted by atomic mass is 10.0. The van der Waals surface area contributed by atoms with Crippen molar-refractivity contribution in [3.8, 4) is 0 Å². The van der Waals surface area contributed by atoms with Crippen LogP contribution in [0.5, 0.6) is 0 Å². The third-order valence-electron chi connectivity index (χ3n) is 2.77. The lowest BCUT2D eigenvalue weighted by molar-refractivity contribution is -0.0285. The number of hydrogen-bond acceptors (Lipinski definition) is 1. The smallest absolute Gasteiger partial charge is 0.276 e. The van der Waals surface area contributed by atoms with Gasteiger partial charge in [0.1, 0.15) is 0 Å². The van der Waals surface area contributed by atoms with Crippen LogP contribution in [0.1, 0.15) is 35.7 Å². The second kappa shape index (κ2) is 3.40. The van der Waals surface area contributed by atoms with Gasteiger partial charge in [0.25, 0.3) is 5.92 Å². The quantitative estimate of drug-likeness (QED) is 0.699. The van der Waals surface area contributed by atoms with Crippen molar-refractivity contribution in [2.45, 2.75) is 25.7 Å². The van der Waals surface area contributed by atoms with Crippen LogP contribution in [0, 0.1) is 5.92 Å². The minimum Gasteiger partial charge on any atom is -0.295 e. The van der Waals surface area contributed by atoms with Gasteiger partial charge >= 0.3 is 0 Å². The van der Waals surface area contributed by atoms with Gasteiger partial charge < -0.3 is 0 Å². The number of rotatable bonds is 3. The van der Waals surface area contributed by atoms with Crippen LogP contribution in [0.3, 0.4) is 0 Å². The van der Waals surface area contributed by atoms with Gasteiger partial charge in [-0.05, 0) is 19.8 Å². The number of hydrogen-bond donors (Lipinski definition) is 0. The maximum Gasteiger partial charge on any atom is 0.276 e. The molecular formula is C12H12F2O. The van der Waals surface area contributed by atoms with E-state index in [4.69, 9.17) is 0 Å². The van der Waals surface area contributed by atoms with Crippen molar-refractivity contribution in [1.82, 2.24) is 0 Å². The topological polar surface area (TPSA) is 17.1 Å². The lowest BCUT2D eigenvalue weighted by Crippen LogP contribution is -2.15. The predicted molar refractivity (Wildman–Crippen MR) is 53.1 cm³/mol. The SMILES string of the molecule is CC(=O)c1ccc(C(F)(F)C2CC2)cc1. The van der Waals surface area contributed by atoms with E-state index >= 15 is 0 Å². The molecule has 0 N–H and O–H groups in total. The maximum atomic E-state index is 13.6. The van der Waals surface area contributed by atoms with Gasteiger partial charge in [0, 0.05) is 17.0 Å². The minimum atomic E-state index is -2.73. The van der Waals surface area contributed by atoms with Crippen molar-refractivity contribution >= 4 is 5.78 Å². The molecule has 3 heteroatoms. The first-order valence-electron chi connectivity index (χ1n) is 5.01. The molecule has 1 aromatic carbocycles. The minimum absolute atomic E-state index is 0.0231. The largest absolute Gasteiger partial charge is 0.295 e. The van der Waals surface area contributed by atoms with Crippen molar-refractivity contribution in [3.63, 3.8) is 0 Å². The van der Waals surface area contributed by atoms with Crippen LogP contribution in [0.25, 0.3) is 0 Å². The van der Waals surface area contributed by atoms with E-state index in [1.54, 1.807) is 0 Å². The number of carbonyl (C=O) groups excluding carboxylic acids is 1. The fraction of sp³-hybridized carbons (Fsp3) is 0.417. The Labute approximate surface area is 87.1 Å². The Morgan fingerprint density at radius 1 is 1.27 bits per heavy atom. The Morgan fingerprint density at radius 3 is 2.20 bits per heavy atom. The van der Waals surface area contributed by atoms with Crippen molar-refractivity contribution < 1.29 is 13.6 Å². The fourth-order valence-electron chi connectivity index (χ4n) is 1.61. The summed E-state index contributed by atoms with van der Waals surface area (Å²) in [6.07, 6.45) is 1.20. The second-order valence-corrected chi connectivity index (χ2v) is 4.03. The van der Waals surface area contributed by atoms with Crippen LogP contribution < -0.4 is 0 Å². The summed E-state index contributed by atoms with van der Waals surface area (Å²) in [7, 11) is 0. The number of carbonyl (C=O) groups is 1. The van der Waals surface area contributed by atoms with E-state index in [2.05, 4.69) is 0 Å². The summed E-state index contributed by atoms with van der Waals surface area (Å²) in [4.78, 5) is 11.0. The molecule has 0 bridgehead atoms. The third kappa shape index (κ3) is 1.91. The molecule has 1 fully saturated rings. The lowest BCUT2D eigenvalue weighted by Gasteiger charge is -2.15. The summed E-state index contributed by atoms with van der Waals surface area (Å²) in [5.74, 6) is -3.33. The number of Topliss-reactive ketones (excluding diaryl/α,β-unsaturated/α-hetero) is 1. The van der Waals surface area contributed by atoms with Gasteiger partial charge in [-0.1, -0.05) is 24.3 Å². The highest BCUT2D eigenvalue weighted by molar-refractivity contribution is 5.94. The van der Waals surface area contributed by atoms with Gasteiger partial charge in [0.05, 0.1) is 0 Å². The van der Waals surface area contributed by atoms with Crippen LogP contribution in [-0.4, -0.2) is 5.78 Å². The van der Waals surface area contributed by atoms with E-state index in [-0.39, 0.29) is 11.3 Å². The molecule has 1 saturated carbocycles. The Morgan fingerprint density at radius 2 is 1.80 bits per heavy atom. The number of alkyl halides is 2. The van der Waals surface area contributed by atoms with Gasteiger partial charge in [-0.3, -0.25) is 4.79 Å². The Bertz CT molecular complexity index is 377. The molecule has 0 aliphatic heterocycles. The van der Waals surface area contributed by atoms with Crippen LogP contribution in [0.15, 0.2) is 24.3 Å². The average molecular weight is 210 g/mol. The number of ketones is 1. The molecule has 0 radical (unpaired) electrons. The highest BCUT2D eigenvalue weighted by atomic mass is 19.3. The fourth-order valence-corrected chi connectivity index (χ4v) is 1.61. The van der Waals surface area contributed by atoms with Crippen molar-refractivity contribution in [2.24, 2.45) is 5.92 Å². The molecule has 0 amide bonds. The molecule has 0 unspecified atom stereocenters. The van der Waals surface area contributed by atoms with Gasteiger partial charge in [-0.2, -0.15) is 0 Å². The number of halogens is 2. The second-order valence-electron chi connectivity index (χ2n) is 4.03. The molecule has 1 aliphatic carbocycles.